The molecule has 0 bridgehead atoms. The number of nitrogens with one attached hydrogen (secondary N) is 1. The Balaban J connectivity index is 2.06. The van der Waals surface area contributed by atoms with Crippen LogP contribution in [0.15, 0.2) is 47.8 Å². The van der Waals surface area contributed by atoms with Crippen LogP contribution in [-0.2, 0) is 11.0 Å². The fourth-order valence-corrected chi connectivity index (χ4v) is 1.56. The van der Waals surface area contributed by atoms with E-state index in [1.54, 1.807) is 25.3 Å². The second-order valence-corrected chi connectivity index (χ2v) is 4.21. The van der Waals surface area contributed by atoms with Crippen LogP contribution >= 0.6 is 0 Å². The van der Waals surface area contributed by atoms with Gasteiger partial charge in [-0.1, -0.05) is 5.16 Å². The molecule has 1 N–H and O–H groups in total. The Bertz CT molecular complexity index is 644. The van der Waals surface area contributed by atoms with Gasteiger partial charge in [-0.05, 0) is 43.3 Å². The van der Waals surface area contributed by atoms with Crippen molar-refractivity contribution in [3.8, 4) is 0 Å². The van der Waals surface area contributed by atoms with E-state index in [1.807, 2.05) is 0 Å². The van der Waals surface area contributed by atoms with E-state index in [0.717, 1.165) is 24.3 Å². The molecule has 2 rings (SSSR count). The summed E-state index contributed by atoms with van der Waals surface area (Å²) in [6, 6.07) is 7.22. The lowest BCUT2D eigenvalue weighted by Gasteiger charge is -2.06. The number of aromatic nitrogens is 1. The van der Waals surface area contributed by atoms with E-state index in [9.17, 15) is 18.0 Å². The molecule has 0 saturated heterocycles. The average molecular weight is 296 g/mol. The molecule has 21 heavy (non-hydrogen) atoms. The molecule has 110 valence electrons. The van der Waals surface area contributed by atoms with E-state index in [1.165, 1.54) is 0 Å². The summed E-state index contributed by atoms with van der Waals surface area (Å²) in [7, 11) is 0. The lowest BCUT2D eigenvalue weighted by atomic mass is 10.1. The van der Waals surface area contributed by atoms with Crippen LogP contribution in [0.5, 0.6) is 0 Å². The number of carbonyl (C=O) groups excluding carboxylic acids is 1. The zero-order valence-corrected chi connectivity index (χ0v) is 10.9. The van der Waals surface area contributed by atoms with E-state index < -0.39 is 17.7 Å². The van der Waals surface area contributed by atoms with Gasteiger partial charge in [0, 0.05) is 6.20 Å². The van der Waals surface area contributed by atoms with Crippen LogP contribution in [-0.4, -0.2) is 16.7 Å². The third-order valence-electron chi connectivity index (χ3n) is 2.70. The van der Waals surface area contributed by atoms with Gasteiger partial charge in [-0.3, -0.25) is 0 Å². The van der Waals surface area contributed by atoms with Gasteiger partial charge in [0.15, 0.2) is 0 Å². The van der Waals surface area contributed by atoms with Crippen molar-refractivity contribution < 1.29 is 22.8 Å². The smallest absolute Gasteiger partial charge is 0.360 e. The minimum absolute atomic E-state index is 0.00830. The molecule has 0 fully saturated rings. The monoisotopic (exact) mass is 296 g/mol. The van der Waals surface area contributed by atoms with Crippen molar-refractivity contribution in [3.63, 3.8) is 0 Å². The number of hydrogen-bond acceptors (Lipinski definition) is 3. The molecule has 1 aromatic carbocycles. The van der Waals surface area contributed by atoms with Crippen molar-refractivity contribution in [1.29, 1.82) is 0 Å². The number of oxime groups is 1. The summed E-state index contributed by atoms with van der Waals surface area (Å²) < 4.78 is 37.2. The number of halogens is 3. The predicted octanol–water partition coefficient (Wildman–Crippen LogP) is 3.61. The normalized spacial score (nSPS) is 12.3. The van der Waals surface area contributed by atoms with Crippen molar-refractivity contribution in [3.05, 3.63) is 59.4 Å². The molecule has 0 spiro atoms. The summed E-state index contributed by atoms with van der Waals surface area (Å²) in [4.78, 5) is 19.2. The summed E-state index contributed by atoms with van der Waals surface area (Å²) >= 11 is 0. The Morgan fingerprint density at radius 2 is 1.86 bits per heavy atom. The molecule has 4 nitrogen and oxygen atoms in total. The Kier molecular flexibility index (Phi) is 4.11. The molecule has 0 radical (unpaired) electrons. The van der Waals surface area contributed by atoms with E-state index >= 15 is 0 Å². The van der Waals surface area contributed by atoms with Crippen LogP contribution < -0.4 is 0 Å². The second kappa shape index (κ2) is 5.82. The van der Waals surface area contributed by atoms with E-state index in [4.69, 9.17) is 0 Å². The van der Waals surface area contributed by atoms with Crippen LogP contribution in [0.25, 0.3) is 0 Å². The van der Waals surface area contributed by atoms with Gasteiger partial charge in [-0.15, -0.1) is 0 Å². The van der Waals surface area contributed by atoms with Crippen molar-refractivity contribution in [2.24, 2.45) is 5.16 Å². The molecule has 0 amide bonds. The number of H-pyrrole nitrogens is 1. The van der Waals surface area contributed by atoms with Crippen LogP contribution in [0.4, 0.5) is 13.2 Å². The number of rotatable bonds is 3. The minimum atomic E-state index is -4.44. The number of hydrogen-bond donors (Lipinski definition) is 1. The first-order valence-electron chi connectivity index (χ1n) is 5.95. The fraction of sp³-hybridized carbons (Fsp3) is 0.143. The van der Waals surface area contributed by atoms with Gasteiger partial charge in [-0.25, -0.2) is 4.79 Å². The summed E-state index contributed by atoms with van der Waals surface area (Å²) in [5, 5.41) is 3.63. The Labute approximate surface area is 118 Å². The molecule has 1 heterocycles. The first kappa shape index (κ1) is 14.8. The molecule has 0 aliphatic heterocycles. The van der Waals surface area contributed by atoms with Gasteiger partial charge in [0.2, 0.25) is 0 Å². The topological polar surface area (TPSA) is 54.4 Å². The van der Waals surface area contributed by atoms with Crippen molar-refractivity contribution in [1.82, 2.24) is 4.98 Å². The highest BCUT2D eigenvalue weighted by atomic mass is 19.4. The fourth-order valence-electron chi connectivity index (χ4n) is 1.56. The van der Waals surface area contributed by atoms with Crippen LogP contribution in [0.3, 0.4) is 0 Å². The molecular weight excluding hydrogens is 285 g/mol. The van der Waals surface area contributed by atoms with Crippen LogP contribution in [0.2, 0.25) is 0 Å². The number of nitrogens with zero attached hydrogens (tertiary/aromatic N) is 1. The Morgan fingerprint density at radius 1 is 1.19 bits per heavy atom. The molecule has 0 aliphatic carbocycles. The molecule has 0 saturated carbocycles. The lowest BCUT2D eigenvalue weighted by Crippen LogP contribution is -2.07. The number of aromatic amines is 1. The van der Waals surface area contributed by atoms with Crippen LogP contribution in [0, 0.1) is 0 Å². The lowest BCUT2D eigenvalue weighted by molar-refractivity contribution is -0.137. The number of carbonyl (C=O) groups is 1. The highest BCUT2D eigenvalue weighted by molar-refractivity contribution is 5.97. The summed E-state index contributed by atoms with van der Waals surface area (Å²) in [6.07, 6.45) is -2.75. The maximum Gasteiger partial charge on any atom is 0.416 e. The number of alkyl halides is 3. The third kappa shape index (κ3) is 3.71. The maximum absolute atomic E-state index is 12.4. The van der Waals surface area contributed by atoms with E-state index in [2.05, 4.69) is 15.0 Å². The predicted molar refractivity (Wildman–Crippen MR) is 69.9 cm³/mol. The van der Waals surface area contributed by atoms with Gasteiger partial charge in [0.05, 0.1) is 16.8 Å². The van der Waals surface area contributed by atoms with Gasteiger partial charge in [-0.2, -0.15) is 13.2 Å². The molecule has 0 aliphatic rings. The second-order valence-electron chi connectivity index (χ2n) is 4.21. The molecule has 7 heteroatoms. The molecule has 2 aromatic rings. The number of benzene rings is 1. The summed E-state index contributed by atoms with van der Waals surface area (Å²) in [6.45, 7) is 1.63. The summed E-state index contributed by atoms with van der Waals surface area (Å²) in [5.74, 6) is -0.824. The van der Waals surface area contributed by atoms with Gasteiger partial charge in [0.1, 0.15) is 5.71 Å². The highest BCUT2D eigenvalue weighted by Gasteiger charge is 2.30. The van der Waals surface area contributed by atoms with Gasteiger partial charge in [0.25, 0.3) is 0 Å². The third-order valence-corrected chi connectivity index (χ3v) is 2.70. The molecule has 1 aromatic heterocycles. The van der Waals surface area contributed by atoms with Crippen molar-refractivity contribution >= 4 is 11.7 Å². The highest BCUT2D eigenvalue weighted by Crippen LogP contribution is 2.29. The average Bonchev–Trinajstić information content (AvgIpc) is 2.98. The zero-order valence-electron chi connectivity index (χ0n) is 10.9. The van der Waals surface area contributed by atoms with Gasteiger partial charge >= 0.3 is 12.1 Å². The SMILES string of the molecule is CC(=NOC(=O)c1ccc(C(F)(F)F)cc1)c1ccc[nH]1. The van der Waals surface area contributed by atoms with E-state index in [-0.39, 0.29) is 5.56 Å². The maximum atomic E-state index is 12.4. The molecule has 0 atom stereocenters. The largest absolute Gasteiger partial charge is 0.416 e. The van der Waals surface area contributed by atoms with E-state index in [0.29, 0.717) is 11.4 Å². The van der Waals surface area contributed by atoms with Crippen molar-refractivity contribution in [2.75, 3.05) is 0 Å². The van der Waals surface area contributed by atoms with Crippen molar-refractivity contribution in [2.45, 2.75) is 13.1 Å². The Hall–Kier alpha value is -2.57. The van der Waals surface area contributed by atoms with Gasteiger partial charge < -0.3 is 9.82 Å². The quantitative estimate of drug-likeness (QED) is 0.534. The standard InChI is InChI=1S/C14H11F3N2O2/c1-9(12-3-2-8-18-12)19-21-13(20)10-4-6-11(7-5-10)14(15,16)17/h2-8,18H,1H3. The minimum Gasteiger partial charge on any atom is -0.360 e. The molecule has 0 unspecified atom stereocenters. The first-order chi connectivity index (χ1) is 9.88. The summed E-state index contributed by atoms with van der Waals surface area (Å²) in [5.41, 5.74) is 0.284. The first-order valence-corrected chi connectivity index (χ1v) is 5.95. The zero-order chi connectivity index (χ0) is 15.5. The molecular formula is C14H11F3N2O2. The Morgan fingerprint density at radius 3 is 2.38 bits per heavy atom. The van der Waals surface area contributed by atoms with Crippen LogP contribution in [0.1, 0.15) is 28.5 Å².